The quantitative estimate of drug-likeness (QED) is 0.748. The van der Waals surface area contributed by atoms with Crippen LogP contribution in [0.25, 0.3) is 0 Å². The molecule has 1 atom stereocenters. The number of hydrogen-bond acceptors (Lipinski definition) is 5. The third-order valence-corrected chi connectivity index (χ3v) is 3.57. The van der Waals surface area contributed by atoms with Gasteiger partial charge in [0.1, 0.15) is 22.8 Å². The van der Waals surface area contributed by atoms with Gasteiger partial charge in [0.2, 0.25) is 0 Å². The highest BCUT2D eigenvalue weighted by Crippen LogP contribution is 2.36. The van der Waals surface area contributed by atoms with Crippen molar-refractivity contribution in [2.45, 2.75) is 39.7 Å². The van der Waals surface area contributed by atoms with Gasteiger partial charge in [-0.3, -0.25) is 4.79 Å². The largest absolute Gasteiger partial charge is 0.494 e. The van der Waals surface area contributed by atoms with Crippen LogP contribution in [0.4, 0.5) is 0 Å². The second kappa shape index (κ2) is 8.03. The first-order chi connectivity index (χ1) is 10.7. The molecule has 5 nitrogen and oxygen atoms in total. The van der Waals surface area contributed by atoms with Crippen molar-refractivity contribution >= 4 is 5.78 Å². The Morgan fingerprint density at radius 1 is 1.09 bits per heavy atom. The van der Waals surface area contributed by atoms with Gasteiger partial charge in [-0.1, -0.05) is 0 Å². The van der Waals surface area contributed by atoms with Gasteiger partial charge in [-0.05, 0) is 40.2 Å². The summed E-state index contributed by atoms with van der Waals surface area (Å²) in [6, 6.07) is 3.39. The van der Waals surface area contributed by atoms with Crippen molar-refractivity contribution in [3.63, 3.8) is 0 Å². The van der Waals surface area contributed by atoms with Gasteiger partial charge in [-0.2, -0.15) is 0 Å². The zero-order chi connectivity index (χ0) is 15.9. The number of carbonyl (C=O) groups is 1. The average molecular weight is 307 g/mol. The maximum absolute atomic E-state index is 12.8. The number of ether oxygens (including phenoxy) is 3. The molecule has 0 spiro atoms. The topological polar surface area (TPSA) is 56.8 Å². The third-order valence-electron chi connectivity index (χ3n) is 3.57. The first-order valence-electron chi connectivity index (χ1n) is 8.05. The molecule has 1 aromatic rings. The van der Waals surface area contributed by atoms with E-state index in [4.69, 9.17) is 14.2 Å². The summed E-state index contributed by atoms with van der Waals surface area (Å²) in [6.07, 6.45) is 1.87. The average Bonchev–Trinajstić information content (AvgIpc) is 3.02. The molecule has 22 heavy (non-hydrogen) atoms. The Kier molecular flexibility index (Phi) is 6.07. The molecule has 0 radical (unpaired) electrons. The highest BCUT2D eigenvalue weighted by atomic mass is 16.5. The smallest absolute Gasteiger partial charge is 0.187 e. The number of rotatable bonds is 8. The van der Waals surface area contributed by atoms with Crippen LogP contribution in [0.15, 0.2) is 12.1 Å². The molecule has 1 heterocycles. The molecule has 1 aromatic carbocycles. The van der Waals surface area contributed by atoms with Crippen LogP contribution in [0.3, 0.4) is 0 Å². The summed E-state index contributed by atoms with van der Waals surface area (Å²) in [5, 5.41) is 3.24. The van der Waals surface area contributed by atoms with E-state index in [2.05, 4.69) is 5.32 Å². The van der Waals surface area contributed by atoms with Gasteiger partial charge in [0.05, 0.1) is 25.9 Å². The molecule has 1 unspecified atom stereocenters. The zero-order valence-corrected chi connectivity index (χ0v) is 13.6. The summed E-state index contributed by atoms with van der Waals surface area (Å²) in [7, 11) is 0. The molecular formula is C17H25NO4. The fourth-order valence-corrected chi connectivity index (χ4v) is 2.68. The molecule has 0 aromatic heterocycles. The molecule has 5 heteroatoms. The predicted octanol–water partition coefficient (Wildman–Crippen LogP) is 2.82. The lowest BCUT2D eigenvalue weighted by Gasteiger charge is -2.18. The van der Waals surface area contributed by atoms with Gasteiger partial charge < -0.3 is 19.5 Å². The number of nitrogens with one attached hydrogen (secondary N) is 1. The molecule has 2 rings (SSSR count). The van der Waals surface area contributed by atoms with E-state index in [-0.39, 0.29) is 11.8 Å². The first kappa shape index (κ1) is 16.6. The van der Waals surface area contributed by atoms with E-state index in [1.54, 1.807) is 12.1 Å². The Bertz CT molecular complexity index is 482. The zero-order valence-electron chi connectivity index (χ0n) is 13.6. The fraction of sp³-hybridized carbons (Fsp3) is 0.588. The standard InChI is InChI=1S/C17H25NO4/c1-4-20-12-10-14(21-5-2)16(15(11-12)22-6-3)17(19)13-8-7-9-18-13/h10-11,13,18H,4-9H2,1-3H3. The van der Waals surface area contributed by atoms with Crippen molar-refractivity contribution in [1.29, 1.82) is 0 Å². The van der Waals surface area contributed by atoms with Crippen LogP contribution >= 0.6 is 0 Å². The van der Waals surface area contributed by atoms with Crippen LogP contribution in [-0.4, -0.2) is 38.2 Å². The van der Waals surface area contributed by atoms with Gasteiger partial charge >= 0.3 is 0 Å². The molecule has 122 valence electrons. The second-order valence-corrected chi connectivity index (χ2v) is 5.11. The van der Waals surface area contributed by atoms with E-state index in [1.165, 1.54) is 0 Å². The molecular weight excluding hydrogens is 282 g/mol. The lowest BCUT2D eigenvalue weighted by molar-refractivity contribution is 0.0944. The Morgan fingerprint density at radius 2 is 1.68 bits per heavy atom. The van der Waals surface area contributed by atoms with Crippen molar-refractivity contribution in [3.05, 3.63) is 17.7 Å². The third kappa shape index (κ3) is 3.71. The van der Waals surface area contributed by atoms with E-state index < -0.39 is 0 Å². The lowest BCUT2D eigenvalue weighted by Crippen LogP contribution is -2.31. The van der Waals surface area contributed by atoms with Gasteiger partial charge in [0.15, 0.2) is 5.78 Å². The second-order valence-electron chi connectivity index (χ2n) is 5.11. The van der Waals surface area contributed by atoms with Crippen molar-refractivity contribution < 1.29 is 19.0 Å². The minimum absolute atomic E-state index is 0.0347. The summed E-state index contributed by atoms with van der Waals surface area (Å²) in [6.45, 7) is 8.11. The summed E-state index contributed by atoms with van der Waals surface area (Å²) in [5.41, 5.74) is 0.520. The highest BCUT2D eigenvalue weighted by molar-refractivity contribution is 6.05. The molecule has 0 aliphatic carbocycles. The van der Waals surface area contributed by atoms with E-state index in [9.17, 15) is 4.79 Å². The summed E-state index contributed by atoms with van der Waals surface area (Å²) < 4.78 is 16.9. The van der Waals surface area contributed by atoms with Crippen LogP contribution in [0.5, 0.6) is 17.2 Å². The summed E-state index contributed by atoms with van der Waals surface area (Å²) in [5.74, 6) is 1.77. The van der Waals surface area contributed by atoms with Crippen LogP contribution in [0, 0.1) is 0 Å². The van der Waals surface area contributed by atoms with Gasteiger partial charge in [-0.15, -0.1) is 0 Å². The minimum Gasteiger partial charge on any atom is -0.494 e. The molecule has 0 saturated carbocycles. The van der Waals surface area contributed by atoms with Gasteiger partial charge in [0, 0.05) is 12.1 Å². The summed E-state index contributed by atoms with van der Waals surface area (Å²) >= 11 is 0. The van der Waals surface area contributed by atoms with Crippen molar-refractivity contribution in [1.82, 2.24) is 5.32 Å². The van der Waals surface area contributed by atoms with Crippen LogP contribution in [0.1, 0.15) is 44.0 Å². The lowest BCUT2D eigenvalue weighted by atomic mass is 10.0. The Labute approximate surface area is 131 Å². The number of ketones is 1. The summed E-state index contributed by atoms with van der Waals surface area (Å²) in [4.78, 5) is 12.8. The molecule has 1 N–H and O–H groups in total. The fourth-order valence-electron chi connectivity index (χ4n) is 2.68. The molecule has 0 amide bonds. The SMILES string of the molecule is CCOc1cc(OCC)c(C(=O)C2CCCN2)c(OCC)c1. The van der Waals surface area contributed by atoms with Crippen molar-refractivity contribution in [3.8, 4) is 17.2 Å². The Balaban J connectivity index is 2.43. The number of Topliss-reactive ketones (excluding diaryl/α,β-unsaturated/α-hetero) is 1. The van der Waals surface area contributed by atoms with E-state index in [0.29, 0.717) is 42.6 Å². The van der Waals surface area contributed by atoms with Crippen molar-refractivity contribution in [2.24, 2.45) is 0 Å². The maximum Gasteiger partial charge on any atom is 0.187 e. The maximum atomic E-state index is 12.8. The van der Waals surface area contributed by atoms with E-state index in [0.717, 1.165) is 19.4 Å². The van der Waals surface area contributed by atoms with Crippen molar-refractivity contribution in [2.75, 3.05) is 26.4 Å². The molecule has 1 fully saturated rings. The number of hydrogen-bond donors (Lipinski definition) is 1. The van der Waals surface area contributed by atoms with Gasteiger partial charge in [-0.25, -0.2) is 0 Å². The Hall–Kier alpha value is -1.75. The van der Waals surface area contributed by atoms with E-state index in [1.807, 2.05) is 20.8 Å². The first-order valence-corrected chi connectivity index (χ1v) is 8.05. The normalized spacial score (nSPS) is 17.3. The van der Waals surface area contributed by atoms with Crippen LogP contribution < -0.4 is 19.5 Å². The van der Waals surface area contributed by atoms with Crippen LogP contribution in [0.2, 0.25) is 0 Å². The van der Waals surface area contributed by atoms with Gasteiger partial charge in [0.25, 0.3) is 0 Å². The molecule has 0 bridgehead atoms. The molecule has 1 aliphatic heterocycles. The highest BCUT2D eigenvalue weighted by Gasteiger charge is 2.29. The van der Waals surface area contributed by atoms with Crippen LogP contribution in [-0.2, 0) is 0 Å². The minimum atomic E-state index is -0.156. The number of carbonyl (C=O) groups excluding carboxylic acids is 1. The molecule has 1 saturated heterocycles. The molecule has 1 aliphatic rings. The monoisotopic (exact) mass is 307 g/mol. The van der Waals surface area contributed by atoms with E-state index >= 15 is 0 Å². The number of benzene rings is 1. The predicted molar refractivity (Wildman–Crippen MR) is 85.3 cm³/mol. The Morgan fingerprint density at radius 3 is 2.14 bits per heavy atom.